The van der Waals surface area contributed by atoms with Crippen LogP contribution >= 0.6 is 0 Å². The minimum absolute atomic E-state index is 0.0422. The summed E-state index contributed by atoms with van der Waals surface area (Å²) in [5.74, 6) is 1.37. The van der Waals surface area contributed by atoms with Crippen molar-refractivity contribution in [2.75, 3.05) is 36.0 Å². The number of hydrogen-bond acceptors (Lipinski definition) is 11. The zero-order valence-corrected chi connectivity index (χ0v) is 28.2. The first kappa shape index (κ1) is 32.1. The second kappa shape index (κ2) is 13.2. The van der Waals surface area contributed by atoms with Crippen molar-refractivity contribution in [2.24, 2.45) is 0 Å². The molecule has 13 nitrogen and oxygen atoms in total. The molecule has 0 spiro atoms. The molecule has 3 aromatic heterocycles. The fourth-order valence-electron chi connectivity index (χ4n) is 7.07. The van der Waals surface area contributed by atoms with Crippen molar-refractivity contribution >= 4 is 38.2 Å². The summed E-state index contributed by atoms with van der Waals surface area (Å²) in [6.45, 7) is 6.62. The number of aromatic nitrogens is 6. The number of fused-ring (bicyclic) bond motifs is 2. The number of amides is 1. The van der Waals surface area contributed by atoms with Gasteiger partial charge in [-0.15, -0.1) is 9.19 Å². The molecule has 14 heteroatoms. The maximum atomic E-state index is 13.4. The third kappa shape index (κ3) is 6.17. The number of rotatable bonds is 8. The Kier molecular flexibility index (Phi) is 8.68. The van der Waals surface area contributed by atoms with Crippen molar-refractivity contribution in [3.63, 3.8) is 0 Å². The van der Waals surface area contributed by atoms with Crippen LogP contribution in [-0.2, 0) is 40.6 Å². The van der Waals surface area contributed by atoms with E-state index >= 15 is 0 Å². The molecule has 0 saturated carbocycles. The van der Waals surface area contributed by atoms with Crippen molar-refractivity contribution in [3.8, 4) is 6.07 Å². The Morgan fingerprint density at radius 2 is 1.86 bits per heavy atom. The lowest BCUT2D eigenvalue weighted by atomic mass is 9.99. The molecule has 5 heterocycles. The van der Waals surface area contributed by atoms with E-state index < -0.39 is 10.0 Å². The van der Waals surface area contributed by atoms with E-state index in [0.29, 0.717) is 50.4 Å². The highest BCUT2D eigenvalue weighted by molar-refractivity contribution is 7.89. The van der Waals surface area contributed by atoms with Crippen molar-refractivity contribution in [1.82, 2.24) is 34.0 Å². The summed E-state index contributed by atoms with van der Waals surface area (Å²) in [5.41, 5.74) is 4.88. The lowest BCUT2D eigenvalue weighted by Gasteiger charge is -2.42. The highest BCUT2D eigenvalue weighted by Gasteiger charge is 2.33. The molecule has 0 bridgehead atoms. The molecule has 5 aromatic rings. The zero-order valence-electron chi connectivity index (χ0n) is 27.4. The zero-order chi connectivity index (χ0) is 34.1. The van der Waals surface area contributed by atoms with Gasteiger partial charge < -0.3 is 14.7 Å². The average molecular weight is 677 g/mol. The third-order valence-corrected chi connectivity index (χ3v) is 11.1. The van der Waals surface area contributed by atoms with Crippen molar-refractivity contribution in [2.45, 2.75) is 57.0 Å². The predicted molar refractivity (Wildman–Crippen MR) is 183 cm³/mol. The summed E-state index contributed by atoms with van der Waals surface area (Å²) in [7, 11) is -3.96. The van der Waals surface area contributed by atoms with Crippen LogP contribution in [0, 0.1) is 18.3 Å². The van der Waals surface area contributed by atoms with E-state index in [2.05, 4.69) is 74.3 Å². The van der Waals surface area contributed by atoms with E-state index in [1.807, 2.05) is 0 Å². The number of carbonyl (C=O) groups excluding carboxylic acids is 1. The van der Waals surface area contributed by atoms with E-state index in [4.69, 9.17) is 9.97 Å². The van der Waals surface area contributed by atoms with Gasteiger partial charge in [0.15, 0.2) is 0 Å². The van der Waals surface area contributed by atoms with Gasteiger partial charge in [0.05, 0.1) is 35.7 Å². The first-order chi connectivity index (χ1) is 23.7. The Balaban J connectivity index is 1.25. The maximum Gasteiger partial charge on any atom is 0.284 e. The monoisotopic (exact) mass is 676 g/mol. The van der Waals surface area contributed by atoms with Crippen LogP contribution in [0.5, 0.6) is 0 Å². The lowest BCUT2D eigenvalue weighted by Crippen LogP contribution is -2.55. The molecule has 2 aromatic carbocycles. The summed E-state index contributed by atoms with van der Waals surface area (Å²) < 4.78 is 27.6. The topological polar surface area (TPSA) is 154 Å². The third-order valence-electron chi connectivity index (χ3n) is 9.43. The number of hydrogen-bond donors (Lipinski definition) is 0. The number of carbonyl (C=O) groups is 1. The van der Waals surface area contributed by atoms with E-state index in [1.54, 1.807) is 18.0 Å². The standard InChI is InChI=1S/C35H36N10O3S/c1-24-5-3-6-26-7-4-8-31(34(24)26)42-16-13-29-30(21-42)40-33(41-35(29)43-17-18-44(25(2)46)28(20-43)11-14-36)10-9-27-19-37-15-12-32(27)49(47,48)45-23-38-22-39-45/h3-8,12,15,19,22-23,28H,9-11,13,16-18,20-21H2,1-2H3/t28-/m0/s1. The minimum atomic E-state index is -3.96. The molecule has 1 fully saturated rings. The van der Waals surface area contributed by atoms with Crippen molar-refractivity contribution in [1.29, 1.82) is 5.26 Å². The first-order valence-corrected chi connectivity index (χ1v) is 17.7. The Labute approximate surface area is 284 Å². The molecule has 250 valence electrons. The fraction of sp³-hybridized carbons (Fsp3) is 0.343. The number of benzene rings is 2. The Bertz CT molecular complexity index is 2180. The summed E-state index contributed by atoms with van der Waals surface area (Å²) >= 11 is 0. The van der Waals surface area contributed by atoms with Gasteiger partial charge in [-0.25, -0.2) is 15.0 Å². The van der Waals surface area contributed by atoms with Gasteiger partial charge in [-0.1, -0.05) is 30.3 Å². The van der Waals surface area contributed by atoms with Gasteiger partial charge in [0.2, 0.25) is 5.91 Å². The Hall–Kier alpha value is -5.42. The van der Waals surface area contributed by atoms with Crippen LogP contribution < -0.4 is 9.80 Å². The van der Waals surface area contributed by atoms with Crippen molar-refractivity contribution < 1.29 is 13.2 Å². The molecule has 1 atom stereocenters. The fourth-order valence-corrected chi connectivity index (χ4v) is 8.34. The van der Waals surface area contributed by atoms with Crippen LogP contribution in [0.4, 0.5) is 11.5 Å². The quantitative estimate of drug-likeness (QED) is 0.237. The van der Waals surface area contributed by atoms with Gasteiger partial charge >= 0.3 is 0 Å². The maximum absolute atomic E-state index is 13.4. The van der Waals surface area contributed by atoms with Gasteiger partial charge in [0, 0.05) is 68.6 Å². The summed E-state index contributed by atoms with van der Waals surface area (Å²) in [4.78, 5) is 37.1. The lowest BCUT2D eigenvalue weighted by molar-refractivity contribution is -0.131. The Morgan fingerprint density at radius 1 is 1.02 bits per heavy atom. The number of anilines is 2. The van der Waals surface area contributed by atoms with Gasteiger partial charge in [0.25, 0.3) is 10.0 Å². The first-order valence-electron chi connectivity index (χ1n) is 16.3. The Morgan fingerprint density at radius 3 is 2.63 bits per heavy atom. The molecule has 0 unspecified atom stereocenters. The van der Waals surface area contributed by atoms with Crippen molar-refractivity contribution in [3.05, 3.63) is 95.7 Å². The molecule has 0 radical (unpaired) electrons. The molecule has 1 amide bonds. The van der Waals surface area contributed by atoms with Gasteiger partial charge in [-0.05, 0) is 48.4 Å². The molecular formula is C35H36N10O3S. The highest BCUT2D eigenvalue weighted by atomic mass is 32.2. The van der Waals surface area contributed by atoms with Crippen LogP contribution in [0.2, 0.25) is 0 Å². The van der Waals surface area contributed by atoms with Gasteiger partial charge in [-0.3, -0.25) is 9.78 Å². The summed E-state index contributed by atoms with van der Waals surface area (Å²) in [6, 6.07) is 16.2. The normalized spacial score (nSPS) is 16.4. The number of aryl methyl sites for hydroxylation is 3. The smallest absolute Gasteiger partial charge is 0.284 e. The second-order valence-electron chi connectivity index (χ2n) is 12.4. The predicted octanol–water partition coefficient (Wildman–Crippen LogP) is 3.46. The number of nitriles is 1. The van der Waals surface area contributed by atoms with E-state index in [-0.39, 0.29) is 23.3 Å². The van der Waals surface area contributed by atoms with Crippen LogP contribution in [0.3, 0.4) is 0 Å². The van der Waals surface area contributed by atoms with Gasteiger partial charge in [-0.2, -0.15) is 13.7 Å². The molecular weight excluding hydrogens is 641 g/mol. The van der Waals surface area contributed by atoms with Crippen LogP contribution in [0.25, 0.3) is 10.8 Å². The number of nitrogens with zero attached hydrogens (tertiary/aromatic N) is 10. The summed E-state index contributed by atoms with van der Waals surface area (Å²) in [5, 5.41) is 15.8. The minimum Gasteiger partial charge on any atom is -0.365 e. The highest BCUT2D eigenvalue weighted by Crippen LogP contribution is 2.35. The van der Waals surface area contributed by atoms with Crippen LogP contribution in [-0.4, -0.2) is 80.6 Å². The molecule has 2 aliphatic heterocycles. The molecule has 2 aliphatic rings. The molecule has 0 N–H and O–H groups in total. The second-order valence-corrected chi connectivity index (χ2v) is 14.2. The largest absolute Gasteiger partial charge is 0.365 e. The SMILES string of the molecule is CC(=O)N1CCN(c2nc(CCc3cnccc3S(=O)(=O)n3cncn3)nc3c2CCN(c2cccc4cccc(C)c24)C3)C[C@@H]1CC#N. The van der Waals surface area contributed by atoms with E-state index in [9.17, 15) is 18.5 Å². The van der Waals surface area contributed by atoms with E-state index in [0.717, 1.165) is 46.1 Å². The molecule has 7 rings (SSSR count). The van der Waals surface area contributed by atoms with Crippen LogP contribution in [0.1, 0.15) is 41.6 Å². The number of piperazine rings is 1. The molecule has 49 heavy (non-hydrogen) atoms. The van der Waals surface area contributed by atoms with Crippen LogP contribution in [0.15, 0.2) is 72.4 Å². The van der Waals surface area contributed by atoms with E-state index in [1.165, 1.54) is 34.9 Å². The number of pyridine rings is 1. The average Bonchev–Trinajstić information content (AvgIpc) is 3.67. The summed E-state index contributed by atoms with van der Waals surface area (Å²) in [6.07, 6.45) is 7.00. The molecule has 0 aliphatic carbocycles. The van der Waals surface area contributed by atoms with Gasteiger partial charge in [0.1, 0.15) is 24.3 Å². The molecule has 1 saturated heterocycles.